The van der Waals surface area contributed by atoms with E-state index in [9.17, 15) is 10.1 Å². The summed E-state index contributed by atoms with van der Waals surface area (Å²) in [5.41, 5.74) is 4.14. The van der Waals surface area contributed by atoms with E-state index in [-0.39, 0.29) is 17.4 Å². The predicted octanol–water partition coefficient (Wildman–Crippen LogP) is 5.58. The van der Waals surface area contributed by atoms with E-state index >= 15 is 0 Å². The molecule has 0 spiro atoms. The first-order chi connectivity index (χ1) is 16.6. The molecule has 1 N–H and O–H groups in total. The number of anilines is 1. The van der Waals surface area contributed by atoms with Crippen LogP contribution in [0.15, 0.2) is 48.5 Å². The molecule has 1 amide bonds. The second-order valence-corrected chi connectivity index (χ2v) is 11.7. The van der Waals surface area contributed by atoms with Gasteiger partial charge in [-0.2, -0.15) is 5.26 Å². The molecule has 2 fully saturated rings. The average Bonchev–Trinajstić information content (AvgIpc) is 3.62. The number of rotatable bonds is 7. The highest BCUT2D eigenvalue weighted by Gasteiger charge is 2.45. The summed E-state index contributed by atoms with van der Waals surface area (Å²) >= 11 is 0. The number of nitrogens with one attached hydrogen (secondary N) is 1. The van der Waals surface area contributed by atoms with Gasteiger partial charge in [0, 0.05) is 37.4 Å². The van der Waals surface area contributed by atoms with E-state index in [1.165, 1.54) is 5.69 Å². The molecule has 1 unspecified atom stereocenters. The van der Waals surface area contributed by atoms with E-state index in [0.717, 1.165) is 62.1 Å². The van der Waals surface area contributed by atoms with Gasteiger partial charge in [0.25, 0.3) is 0 Å². The van der Waals surface area contributed by atoms with Gasteiger partial charge in [-0.1, -0.05) is 50.2 Å². The zero-order valence-corrected chi connectivity index (χ0v) is 22.0. The molecule has 0 radical (unpaired) electrons. The molecule has 2 aromatic carbocycles. The normalized spacial score (nSPS) is 18.7. The highest BCUT2D eigenvalue weighted by atomic mass is 16.2. The number of hydrogen-bond acceptors (Lipinski definition) is 4. The van der Waals surface area contributed by atoms with Crippen molar-refractivity contribution in [2.45, 2.75) is 70.9 Å². The van der Waals surface area contributed by atoms with Crippen molar-refractivity contribution in [3.63, 3.8) is 0 Å². The van der Waals surface area contributed by atoms with Gasteiger partial charge in [0.2, 0.25) is 5.91 Å². The topological polar surface area (TPSA) is 59.4 Å². The zero-order valence-electron chi connectivity index (χ0n) is 22.0. The van der Waals surface area contributed by atoms with Crippen LogP contribution < -0.4 is 10.2 Å². The van der Waals surface area contributed by atoms with E-state index in [1.807, 2.05) is 12.1 Å². The Bertz CT molecular complexity index is 1060. The van der Waals surface area contributed by atoms with Crippen LogP contribution in [0.2, 0.25) is 0 Å². The maximum Gasteiger partial charge on any atom is 0.228 e. The van der Waals surface area contributed by atoms with Gasteiger partial charge < -0.3 is 10.2 Å². The molecule has 1 aliphatic carbocycles. The number of nitriles is 1. The van der Waals surface area contributed by atoms with Crippen LogP contribution in [0.1, 0.15) is 65.4 Å². The minimum absolute atomic E-state index is 0.0281. The van der Waals surface area contributed by atoms with Gasteiger partial charge in [-0.05, 0) is 74.8 Å². The Balaban J connectivity index is 1.48. The van der Waals surface area contributed by atoms with Crippen LogP contribution in [0.25, 0.3) is 11.1 Å². The molecule has 35 heavy (non-hydrogen) atoms. The molecule has 2 aliphatic rings. The van der Waals surface area contributed by atoms with Crippen molar-refractivity contribution < 1.29 is 4.79 Å². The molecule has 0 aromatic heterocycles. The van der Waals surface area contributed by atoms with Crippen LogP contribution in [0.3, 0.4) is 0 Å². The van der Waals surface area contributed by atoms with Crippen LogP contribution in [0.4, 0.5) is 5.69 Å². The Morgan fingerprint density at radius 2 is 1.69 bits per heavy atom. The van der Waals surface area contributed by atoms with Crippen LogP contribution in [0, 0.1) is 17.2 Å². The molecular weight excluding hydrogens is 432 g/mol. The first kappa shape index (κ1) is 25.3. The van der Waals surface area contributed by atoms with Crippen LogP contribution in [-0.2, 0) is 4.79 Å². The van der Waals surface area contributed by atoms with Crippen molar-refractivity contribution >= 4 is 11.6 Å². The van der Waals surface area contributed by atoms with Gasteiger partial charge >= 0.3 is 0 Å². The summed E-state index contributed by atoms with van der Waals surface area (Å²) < 4.78 is 0. The summed E-state index contributed by atoms with van der Waals surface area (Å²) in [6.07, 6.45) is 2.26. The monoisotopic (exact) mass is 472 g/mol. The van der Waals surface area contributed by atoms with E-state index in [0.29, 0.717) is 5.92 Å². The van der Waals surface area contributed by atoms with Crippen molar-refractivity contribution in [2.24, 2.45) is 5.92 Å². The van der Waals surface area contributed by atoms with Crippen LogP contribution in [0.5, 0.6) is 0 Å². The van der Waals surface area contributed by atoms with Crippen molar-refractivity contribution in [1.82, 2.24) is 10.2 Å². The SMILES string of the molecule is CC(C)CC(C(=O)NC1(C#N)CC1)c1cccc(-c2ccc(N3CCN(C(C)(C)C)CC3)cc2)c1. The molecule has 0 bridgehead atoms. The maximum atomic E-state index is 13.2. The highest BCUT2D eigenvalue weighted by Crippen LogP contribution is 2.36. The maximum absolute atomic E-state index is 13.2. The van der Waals surface area contributed by atoms with Gasteiger partial charge in [0.1, 0.15) is 5.54 Å². The lowest BCUT2D eigenvalue weighted by atomic mass is 9.87. The quantitative estimate of drug-likeness (QED) is 0.572. The molecule has 1 saturated carbocycles. The number of amides is 1. The largest absolute Gasteiger partial charge is 0.369 e. The molecule has 1 atom stereocenters. The van der Waals surface area contributed by atoms with Crippen molar-refractivity contribution in [3.8, 4) is 17.2 Å². The Morgan fingerprint density at radius 3 is 2.23 bits per heavy atom. The number of piperazine rings is 1. The minimum atomic E-state index is -0.641. The number of carbonyl (C=O) groups is 1. The lowest BCUT2D eigenvalue weighted by molar-refractivity contribution is -0.123. The smallest absolute Gasteiger partial charge is 0.228 e. The van der Waals surface area contributed by atoms with Gasteiger partial charge in [0.05, 0.1) is 12.0 Å². The molecule has 5 heteroatoms. The number of benzene rings is 2. The Morgan fingerprint density at radius 1 is 1.03 bits per heavy atom. The van der Waals surface area contributed by atoms with E-state index in [1.54, 1.807) is 0 Å². The fourth-order valence-corrected chi connectivity index (χ4v) is 5.01. The van der Waals surface area contributed by atoms with Crippen molar-refractivity contribution in [2.75, 3.05) is 31.1 Å². The lowest BCUT2D eigenvalue weighted by Gasteiger charge is -2.43. The summed E-state index contributed by atoms with van der Waals surface area (Å²) in [4.78, 5) is 18.2. The Kier molecular flexibility index (Phi) is 7.24. The van der Waals surface area contributed by atoms with Gasteiger partial charge in [-0.3, -0.25) is 9.69 Å². The van der Waals surface area contributed by atoms with Crippen LogP contribution in [-0.4, -0.2) is 48.1 Å². The van der Waals surface area contributed by atoms with E-state index in [4.69, 9.17) is 0 Å². The Hall–Kier alpha value is -2.84. The predicted molar refractivity (Wildman–Crippen MR) is 143 cm³/mol. The van der Waals surface area contributed by atoms with Gasteiger partial charge in [-0.15, -0.1) is 0 Å². The zero-order chi connectivity index (χ0) is 25.2. The standard InChI is InChI=1S/C30H40N4O/c1-22(2)19-27(28(35)32-30(21-31)13-14-30)25-8-6-7-24(20-25)23-9-11-26(12-10-23)33-15-17-34(18-16-33)29(3,4)5/h6-12,20,22,27H,13-19H2,1-5H3,(H,32,35). The summed E-state index contributed by atoms with van der Waals surface area (Å²) in [5.74, 6) is 0.100. The summed E-state index contributed by atoms with van der Waals surface area (Å²) in [6.45, 7) is 15.4. The molecular formula is C30H40N4O. The lowest BCUT2D eigenvalue weighted by Crippen LogP contribution is -2.53. The fraction of sp³-hybridized carbons (Fsp3) is 0.533. The Labute approximate surface area is 211 Å². The number of carbonyl (C=O) groups excluding carboxylic acids is 1. The molecule has 4 rings (SSSR count). The van der Waals surface area contributed by atoms with E-state index in [2.05, 4.69) is 92.2 Å². The van der Waals surface area contributed by atoms with Crippen LogP contribution >= 0.6 is 0 Å². The summed E-state index contributed by atoms with van der Waals surface area (Å²) in [7, 11) is 0. The van der Waals surface area contributed by atoms with Crippen molar-refractivity contribution in [3.05, 3.63) is 54.1 Å². The third kappa shape index (κ3) is 6.05. The van der Waals surface area contributed by atoms with E-state index < -0.39 is 5.54 Å². The second-order valence-electron chi connectivity index (χ2n) is 11.7. The summed E-state index contributed by atoms with van der Waals surface area (Å²) in [6, 6.07) is 19.5. The first-order valence-electron chi connectivity index (χ1n) is 13.0. The molecule has 1 saturated heterocycles. The molecule has 186 valence electrons. The first-order valence-corrected chi connectivity index (χ1v) is 13.0. The molecule has 2 aromatic rings. The second kappa shape index (κ2) is 10.0. The van der Waals surface area contributed by atoms with Gasteiger partial charge in [0.15, 0.2) is 0 Å². The summed E-state index contributed by atoms with van der Waals surface area (Å²) in [5, 5.41) is 12.5. The molecule has 1 aliphatic heterocycles. The fourth-order valence-electron chi connectivity index (χ4n) is 5.01. The van der Waals surface area contributed by atoms with Crippen molar-refractivity contribution in [1.29, 1.82) is 5.26 Å². The third-order valence-corrected chi connectivity index (χ3v) is 7.43. The molecule has 5 nitrogen and oxygen atoms in total. The highest BCUT2D eigenvalue weighted by molar-refractivity contribution is 5.85. The number of nitrogens with zero attached hydrogens (tertiary/aromatic N) is 3. The third-order valence-electron chi connectivity index (χ3n) is 7.43. The minimum Gasteiger partial charge on any atom is -0.369 e. The molecule has 1 heterocycles. The average molecular weight is 473 g/mol. The van der Waals surface area contributed by atoms with Gasteiger partial charge in [-0.25, -0.2) is 0 Å². The number of hydrogen-bond donors (Lipinski definition) is 1.